The van der Waals surface area contributed by atoms with E-state index in [4.69, 9.17) is 4.74 Å². The van der Waals surface area contributed by atoms with E-state index in [1.807, 2.05) is 25.3 Å². The van der Waals surface area contributed by atoms with Crippen molar-refractivity contribution in [3.63, 3.8) is 0 Å². The highest BCUT2D eigenvalue weighted by molar-refractivity contribution is 5.59. The number of aromatic nitrogens is 4. The van der Waals surface area contributed by atoms with Crippen molar-refractivity contribution >= 4 is 23.5 Å². The molecule has 4 rings (SSSR count). The minimum atomic E-state index is -4.56. The molecule has 1 aliphatic rings. The quantitative estimate of drug-likeness (QED) is 0.242. The van der Waals surface area contributed by atoms with Crippen molar-refractivity contribution in [2.45, 2.75) is 70.1 Å². The lowest BCUT2D eigenvalue weighted by molar-refractivity contribution is -0.138. The third-order valence-corrected chi connectivity index (χ3v) is 6.29. The van der Waals surface area contributed by atoms with Gasteiger partial charge in [0.1, 0.15) is 5.75 Å². The molecule has 1 unspecified atom stereocenters. The number of anilines is 4. The second kappa shape index (κ2) is 11.5. The van der Waals surface area contributed by atoms with Gasteiger partial charge in [-0.15, -0.1) is 0 Å². The van der Waals surface area contributed by atoms with Crippen LogP contribution in [-0.4, -0.2) is 33.1 Å². The lowest BCUT2D eigenvalue weighted by Crippen LogP contribution is -2.22. The summed E-state index contributed by atoms with van der Waals surface area (Å²) in [5.41, 5.74) is 0.296. The van der Waals surface area contributed by atoms with Crippen LogP contribution in [0.3, 0.4) is 0 Å². The summed E-state index contributed by atoms with van der Waals surface area (Å²) in [5.74, 6) is 0.601. The van der Waals surface area contributed by atoms with Crippen LogP contribution >= 0.6 is 0 Å². The van der Waals surface area contributed by atoms with Crippen LogP contribution in [0.2, 0.25) is 0 Å². The average Bonchev–Trinajstić information content (AvgIpc) is 3.27. The molecule has 1 saturated carbocycles. The minimum Gasteiger partial charge on any atom is -0.496 e. The van der Waals surface area contributed by atoms with Gasteiger partial charge in [-0.25, -0.2) is 0 Å². The number of nitrogens with one attached hydrogen (secondary N) is 4. The molecule has 4 N–H and O–H groups in total. The van der Waals surface area contributed by atoms with E-state index in [0.29, 0.717) is 11.9 Å². The molecule has 1 aliphatic carbocycles. The standard InChI is InChI=1S/C25H32F3N7O/c1-3-19(20-11-8-14-29-20)32-24-34-22(30-16-9-6-4-5-7-10-16)33-23(35-24)31-17-12-13-21(36-2)18(15-17)25(26,27)28/h8,11-16,19,29H,3-7,9-10H2,1-2H3,(H3,30,31,32,33,34,35). The largest absolute Gasteiger partial charge is 0.496 e. The van der Waals surface area contributed by atoms with Crippen molar-refractivity contribution in [1.82, 2.24) is 19.9 Å². The molecule has 0 aliphatic heterocycles. The molecule has 1 atom stereocenters. The van der Waals surface area contributed by atoms with E-state index in [2.05, 4.69) is 35.9 Å². The Morgan fingerprint density at radius 3 is 2.39 bits per heavy atom. The molecule has 0 amide bonds. The lowest BCUT2D eigenvalue weighted by atomic mass is 10.1. The Bertz CT molecular complexity index is 1110. The Morgan fingerprint density at radius 1 is 1.03 bits per heavy atom. The molecule has 8 nitrogen and oxygen atoms in total. The molecule has 1 aromatic carbocycles. The van der Waals surface area contributed by atoms with Gasteiger partial charge in [-0.05, 0) is 49.6 Å². The number of H-pyrrole nitrogens is 1. The second-order valence-electron chi connectivity index (χ2n) is 8.91. The zero-order valence-corrected chi connectivity index (χ0v) is 20.5. The van der Waals surface area contributed by atoms with E-state index in [0.717, 1.165) is 43.9 Å². The van der Waals surface area contributed by atoms with E-state index >= 15 is 0 Å². The molecule has 0 spiro atoms. The van der Waals surface area contributed by atoms with E-state index < -0.39 is 11.7 Å². The molecule has 3 aromatic rings. The number of nitrogens with zero attached hydrogens (tertiary/aromatic N) is 3. The van der Waals surface area contributed by atoms with Crippen molar-refractivity contribution < 1.29 is 17.9 Å². The highest BCUT2D eigenvalue weighted by Gasteiger charge is 2.34. The summed E-state index contributed by atoms with van der Waals surface area (Å²) in [4.78, 5) is 16.7. The van der Waals surface area contributed by atoms with Crippen LogP contribution in [0.1, 0.15) is 69.2 Å². The Labute approximate surface area is 208 Å². The molecule has 11 heteroatoms. The Kier molecular flexibility index (Phi) is 8.17. The summed E-state index contributed by atoms with van der Waals surface area (Å²) in [6.45, 7) is 2.04. The van der Waals surface area contributed by atoms with Crippen molar-refractivity contribution in [3.05, 3.63) is 47.8 Å². The van der Waals surface area contributed by atoms with Crippen LogP contribution in [0.25, 0.3) is 0 Å². The average molecular weight is 504 g/mol. The van der Waals surface area contributed by atoms with Crippen molar-refractivity contribution in [3.8, 4) is 5.75 Å². The second-order valence-corrected chi connectivity index (χ2v) is 8.91. The molecule has 2 aromatic heterocycles. The third kappa shape index (κ3) is 6.58. The Balaban J connectivity index is 1.63. The number of alkyl halides is 3. The van der Waals surface area contributed by atoms with E-state index in [9.17, 15) is 13.2 Å². The monoisotopic (exact) mass is 503 g/mol. The van der Waals surface area contributed by atoms with E-state index in [-0.39, 0.29) is 29.5 Å². The smallest absolute Gasteiger partial charge is 0.420 e. The highest BCUT2D eigenvalue weighted by atomic mass is 19.4. The maximum Gasteiger partial charge on any atom is 0.420 e. The Morgan fingerprint density at radius 2 is 1.75 bits per heavy atom. The number of benzene rings is 1. The van der Waals surface area contributed by atoms with Gasteiger partial charge < -0.3 is 25.7 Å². The number of aromatic amines is 1. The van der Waals surface area contributed by atoms with Gasteiger partial charge in [0.15, 0.2) is 0 Å². The van der Waals surface area contributed by atoms with Gasteiger partial charge in [0, 0.05) is 23.6 Å². The predicted octanol–water partition coefficient (Wildman–Crippen LogP) is 6.67. The van der Waals surface area contributed by atoms with Gasteiger partial charge in [-0.1, -0.05) is 32.6 Å². The van der Waals surface area contributed by atoms with Crippen LogP contribution in [0.15, 0.2) is 36.5 Å². The van der Waals surface area contributed by atoms with Gasteiger partial charge in [0.2, 0.25) is 17.8 Å². The fourth-order valence-corrected chi connectivity index (χ4v) is 4.42. The zero-order valence-electron chi connectivity index (χ0n) is 20.5. The predicted molar refractivity (Wildman–Crippen MR) is 134 cm³/mol. The van der Waals surface area contributed by atoms with Crippen LogP contribution in [0, 0.1) is 0 Å². The summed E-state index contributed by atoms with van der Waals surface area (Å²) in [6, 6.07) is 7.81. The van der Waals surface area contributed by atoms with Crippen molar-refractivity contribution in [2.24, 2.45) is 0 Å². The number of hydrogen-bond acceptors (Lipinski definition) is 7. The first-order valence-electron chi connectivity index (χ1n) is 12.3. The molecular weight excluding hydrogens is 471 g/mol. The summed E-state index contributed by atoms with van der Waals surface area (Å²) in [5, 5.41) is 9.66. The normalized spacial score (nSPS) is 15.7. The summed E-state index contributed by atoms with van der Waals surface area (Å²) in [6.07, 6.45) is 4.78. The molecule has 2 heterocycles. The number of hydrogen-bond donors (Lipinski definition) is 4. The van der Waals surface area contributed by atoms with Gasteiger partial charge in [0.05, 0.1) is 18.7 Å². The molecule has 0 saturated heterocycles. The van der Waals surface area contributed by atoms with Crippen LogP contribution < -0.4 is 20.7 Å². The van der Waals surface area contributed by atoms with E-state index in [1.54, 1.807) is 0 Å². The first-order chi connectivity index (χ1) is 17.4. The topological polar surface area (TPSA) is 99.8 Å². The minimum absolute atomic E-state index is 0.0706. The summed E-state index contributed by atoms with van der Waals surface area (Å²) < 4.78 is 45.5. The first-order valence-corrected chi connectivity index (χ1v) is 12.3. The highest BCUT2D eigenvalue weighted by Crippen LogP contribution is 2.38. The molecule has 0 bridgehead atoms. The van der Waals surface area contributed by atoms with E-state index in [1.165, 1.54) is 32.1 Å². The van der Waals surface area contributed by atoms with Crippen molar-refractivity contribution in [2.75, 3.05) is 23.1 Å². The summed E-state index contributed by atoms with van der Waals surface area (Å²) >= 11 is 0. The maximum absolute atomic E-state index is 13.5. The molecule has 0 radical (unpaired) electrons. The fraction of sp³-hybridized carbons (Fsp3) is 0.480. The fourth-order valence-electron chi connectivity index (χ4n) is 4.42. The molecule has 1 fully saturated rings. The molecule has 194 valence electrons. The van der Waals surface area contributed by atoms with Gasteiger partial charge in [-0.3, -0.25) is 0 Å². The lowest BCUT2D eigenvalue weighted by Gasteiger charge is -2.20. The van der Waals surface area contributed by atoms with Crippen LogP contribution in [0.4, 0.5) is 36.7 Å². The number of rotatable bonds is 9. The SMILES string of the molecule is CCC(Nc1nc(Nc2ccc(OC)c(C(F)(F)F)c2)nc(NC2CCCCCC2)n1)c1ccc[nH]1. The summed E-state index contributed by atoms with van der Waals surface area (Å²) in [7, 11) is 1.21. The van der Waals surface area contributed by atoms with Gasteiger partial charge >= 0.3 is 6.18 Å². The van der Waals surface area contributed by atoms with Crippen LogP contribution in [0.5, 0.6) is 5.75 Å². The van der Waals surface area contributed by atoms with Gasteiger partial charge in [-0.2, -0.15) is 28.1 Å². The van der Waals surface area contributed by atoms with Gasteiger partial charge in [0.25, 0.3) is 0 Å². The molecule has 36 heavy (non-hydrogen) atoms. The number of halogens is 3. The Hall–Kier alpha value is -3.50. The van der Waals surface area contributed by atoms with Crippen molar-refractivity contribution in [1.29, 1.82) is 0 Å². The zero-order chi connectivity index (χ0) is 25.5. The van der Waals surface area contributed by atoms with Crippen LogP contribution in [-0.2, 0) is 6.18 Å². The number of ether oxygens (including phenoxy) is 1. The molecular formula is C25H32F3N7O. The number of methoxy groups -OCH3 is 1. The third-order valence-electron chi connectivity index (χ3n) is 6.29. The maximum atomic E-state index is 13.5. The first kappa shape index (κ1) is 25.6.